The van der Waals surface area contributed by atoms with Gasteiger partial charge in [-0.05, 0) is 37.8 Å². The molecule has 2 aliphatic rings. The Morgan fingerprint density at radius 1 is 1.29 bits per heavy atom. The molecule has 1 aromatic rings. The Morgan fingerprint density at radius 3 is 2.79 bits per heavy atom. The number of rotatable bonds is 6. The van der Waals surface area contributed by atoms with Gasteiger partial charge in [0, 0.05) is 12.1 Å². The highest BCUT2D eigenvalue weighted by atomic mass is 32.2. The number of benzene rings is 1. The zero-order valence-electron chi connectivity index (χ0n) is 16.2. The number of thioether (sulfide) groups is 1. The lowest BCUT2D eigenvalue weighted by Crippen LogP contribution is -2.28. The van der Waals surface area contributed by atoms with Crippen molar-refractivity contribution in [1.82, 2.24) is 5.32 Å². The molecule has 2 amide bonds. The molecular weight excluding hydrogens is 376 g/mol. The van der Waals surface area contributed by atoms with Crippen molar-refractivity contribution in [3.05, 3.63) is 24.3 Å². The zero-order chi connectivity index (χ0) is 19.9. The number of anilines is 1. The number of para-hydroxylation sites is 2. The van der Waals surface area contributed by atoms with E-state index in [0.717, 1.165) is 18.6 Å². The van der Waals surface area contributed by atoms with E-state index < -0.39 is 5.25 Å². The molecule has 150 valence electrons. The first-order valence-corrected chi connectivity index (χ1v) is 10.5. The summed E-state index contributed by atoms with van der Waals surface area (Å²) < 4.78 is 5.23. The average molecular weight is 403 g/mol. The highest BCUT2D eigenvalue weighted by Gasteiger charge is 2.32. The molecule has 3 rings (SSSR count). The third-order valence-corrected chi connectivity index (χ3v) is 6.10. The van der Waals surface area contributed by atoms with E-state index in [1.165, 1.54) is 31.0 Å². The fourth-order valence-corrected chi connectivity index (χ4v) is 4.35. The van der Waals surface area contributed by atoms with Crippen LogP contribution in [0.4, 0.5) is 5.69 Å². The minimum Gasteiger partial charge on any atom is -0.495 e. The van der Waals surface area contributed by atoms with E-state index in [-0.39, 0.29) is 18.2 Å². The summed E-state index contributed by atoms with van der Waals surface area (Å²) in [5, 5.41) is 14.0. The van der Waals surface area contributed by atoms with Gasteiger partial charge >= 0.3 is 0 Å². The molecule has 28 heavy (non-hydrogen) atoms. The molecule has 8 heteroatoms. The van der Waals surface area contributed by atoms with Crippen molar-refractivity contribution >= 4 is 40.1 Å². The van der Waals surface area contributed by atoms with E-state index in [2.05, 4.69) is 20.8 Å². The molecule has 2 N–H and O–H groups in total. The molecule has 0 spiro atoms. The zero-order valence-corrected chi connectivity index (χ0v) is 17.1. The van der Waals surface area contributed by atoms with E-state index in [1.807, 2.05) is 19.1 Å². The van der Waals surface area contributed by atoms with E-state index in [0.29, 0.717) is 22.5 Å². The second-order valence-corrected chi connectivity index (χ2v) is 8.22. The second kappa shape index (κ2) is 9.73. The molecule has 7 nitrogen and oxygen atoms in total. The molecular formula is C20H26N4O3S. The van der Waals surface area contributed by atoms with Gasteiger partial charge in [0.2, 0.25) is 11.8 Å². The molecule has 1 saturated heterocycles. The topological polar surface area (TPSA) is 92.2 Å². The Morgan fingerprint density at radius 2 is 2.04 bits per heavy atom. The maximum atomic E-state index is 12.3. The van der Waals surface area contributed by atoms with Crippen molar-refractivity contribution in [3.8, 4) is 5.75 Å². The number of amidine groups is 1. The van der Waals surface area contributed by atoms with Crippen LogP contribution in [0.15, 0.2) is 34.5 Å². The van der Waals surface area contributed by atoms with Crippen LogP contribution in [0.5, 0.6) is 5.75 Å². The number of hydrogen-bond acceptors (Lipinski definition) is 6. The van der Waals surface area contributed by atoms with Crippen LogP contribution in [0.25, 0.3) is 0 Å². The predicted octanol–water partition coefficient (Wildman–Crippen LogP) is 3.57. The molecule has 1 aliphatic carbocycles. The highest BCUT2D eigenvalue weighted by molar-refractivity contribution is 8.15. The average Bonchev–Trinajstić information content (AvgIpc) is 3.06. The van der Waals surface area contributed by atoms with Crippen molar-refractivity contribution < 1.29 is 14.3 Å². The van der Waals surface area contributed by atoms with Gasteiger partial charge in [-0.1, -0.05) is 43.2 Å². The molecule has 0 radical (unpaired) electrons. The van der Waals surface area contributed by atoms with Crippen LogP contribution >= 0.6 is 11.8 Å². The molecule has 0 aromatic heterocycles. The summed E-state index contributed by atoms with van der Waals surface area (Å²) in [7, 11) is 1.55. The Hall–Kier alpha value is -2.35. The minimum atomic E-state index is -0.515. The number of hydrogen-bond donors (Lipinski definition) is 2. The summed E-state index contributed by atoms with van der Waals surface area (Å²) in [6, 6.07) is 7.16. The number of carbonyl (C=O) groups excluding carboxylic acids is 2. The molecule has 0 bridgehead atoms. The summed E-state index contributed by atoms with van der Waals surface area (Å²) in [6.45, 7) is 2.00. The maximum Gasteiger partial charge on any atom is 0.240 e. The van der Waals surface area contributed by atoms with Gasteiger partial charge in [-0.25, -0.2) is 0 Å². The molecule has 1 aliphatic heterocycles. The van der Waals surface area contributed by atoms with Crippen LogP contribution in [0.1, 0.15) is 45.4 Å². The Balaban J connectivity index is 1.56. The summed E-state index contributed by atoms with van der Waals surface area (Å²) in [4.78, 5) is 24.5. The van der Waals surface area contributed by atoms with Gasteiger partial charge in [0.15, 0.2) is 5.17 Å². The number of methoxy groups -OCH3 is 1. The standard InChI is InChI=1S/C20H26N4O3S/c1-13(14-8-4-3-5-9-14)23-24-20-22-19(26)17(28-20)12-18(25)21-15-10-6-7-11-16(15)27-2/h6-7,10-11,14,17H,3-5,8-9,12H2,1-2H3,(H,21,25)(H,22,24,26)/b23-13-/t17-/m1/s1. The van der Waals surface area contributed by atoms with Gasteiger partial charge in [0.25, 0.3) is 0 Å². The monoisotopic (exact) mass is 402 g/mol. The lowest BCUT2D eigenvalue weighted by atomic mass is 9.86. The largest absolute Gasteiger partial charge is 0.495 e. The lowest BCUT2D eigenvalue weighted by Gasteiger charge is -2.20. The summed E-state index contributed by atoms with van der Waals surface area (Å²) in [5.74, 6) is 0.599. The SMILES string of the molecule is COc1ccccc1NC(=O)C[C@H]1S/C(=N/N=C(/C)C2CCCCC2)NC1=O. The molecule has 0 unspecified atom stereocenters. The second-order valence-electron chi connectivity index (χ2n) is 7.03. The fourth-order valence-electron chi connectivity index (χ4n) is 3.43. The van der Waals surface area contributed by atoms with Gasteiger partial charge in [-0.3, -0.25) is 9.59 Å². The first kappa shape index (κ1) is 20.4. The number of carbonyl (C=O) groups is 2. The van der Waals surface area contributed by atoms with Crippen LogP contribution in [0.2, 0.25) is 0 Å². The van der Waals surface area contributed by atoms with E-state index in [4.69, 9.17) is 4.74 Å². The number of amides is 2. The molecule has 1 saturated carbocycles. The van der Waals surface area contributed by atoms with Crippen molar-refractivity contribution in [1.29, 1.82) is 0 Å². The Bertz CT molecular complexity index is 787. The van der Waals surface area contributed by atoms with Crippen LogP contribution in [-0.2, 0) is 9.59 Å². The van der Waals surface area contributed by atoms with Crippen LogP contribution in [-0.4, -0.2) is 35.1 Å². The van der Waals surface area contributed by atoms with E-state index in [1.54, 1.807) is 19.2 Å². The summed E-state index contributed by atoms with van der Waals surface area (Å²) in [6.07, 6.45) is 6.14. The number of ether oxygens (including phenoxy) is 1. The van der Waals surface area contributed by atoms with Crippen molar-refractivity contribution in [2.24, 2.45) is 16.1 Å². The first-order chi connectivity index (χ1) is 13.6. The first-order valence-electron chi connectivity index (χ1n) is 9.59. The smallest absolute Gasteiger partial charge is 0.240 e. The van der Waals surface area contributed by atoms with Gasteiger partial charge in [0.05, 0.1) is 12.8 Å². The number of nitrogens with zero attached hydrogens (tertiary/aromatic N) is 2. The lowest BCUT2D eigenvalue weighted by molar-refractivity contribution is -0.122. The number of nitrogens with one attached hydrogen (secondary N) is 2. The summed E-state index contributed by atoms with van der Waals surface area (Å²) in [5.41, 5.74) is 1.60. The predicted molar refractivity (Wildman–Crippen MR) is 113 cm³/mol. The third-order valence-electron chi connectivity index (χ3n) is 5.02. The Labute approximate surface area is 169 Å². The van der Waals surface area contributed by atoms with Gasteiger partial charge in [-0.2, -0.15) is 5.10 Å². The molecule has 2 fully saturated rings. The van der Waals surface area contributed by atoms with Crippen molar-refractivity contribution in [2.75, 3.05) is 12.4 Å². The van der Waals surface area contributed by atoms with E-state index >= 15 is 0 Å². The van der Waals surface area contributed by atoms with E-state index in [9.17, 15) is 9.59 Å². The van der Waals surface area contributed by atoms with Crippen molar-refractivity contribution in [3.63, 3.8) is 0 Å². The minimum absolute atomic E-state index is 0.0545. The summed E-state index contributed by atoms with van der Waals surface area (Å²) >= 11 is 1.25. The van der Waals surface area contributed by atoms with Gasteiger partial charge < -0.3 is 15.4 Å². The third kappa shape index (κ3) is 5.34. The normalized spacial score (nSPS) is 22.2. The Kier molecular flexibility index (Phi) is 7.08. The van der Waals surface area contributed by atoms with Crippen molar-refractivity contribution in [2.45, 2.75) is 50.7 Å². The van der Waals surface area contributed by atoms with Crippen LogP contribution in [0, 0.1) is 5.92 Å². The highest BCUT2D eigenvalue weighted by Crippen LogP contribution is 2.27. The van der Waals surface area contributed by atoms with Gasteiger partial charge in [-0.15, -0.1) is 5.10 Å². The van der Waals surface area contributed by atoms with Crippen LogP contribution < -0.4 is 15.4 Å². The molecule has 1 aromatic carbocycles. The fraction of sp³-hybridized carbons (Fsp3) is 0.500. The molecule has 1 atom stereocenters. The van der Waals surface area contributed by atoms with Gasteiger partial charge in [0.1, 0.15) is 11.0 Å². The molecule has 1 heterocycles. The quantitative estimate of drug-likeness (QED) is 0.562. The van der Waals surface area contributed by atoms with Crippen LogP contribution in [0.3, 0.4) is 0 Å². The maximum absolute atomic E-state index is 12.3.